The van der Waals surface area contributed by atoms with Crippen LogP contribution in [0.5, 0.6) is 0 Å². The Balaban J connectivity index is 1.74. The van der Waals surface area contributed by atoms with E-state index < -0.39 is 11.9 Å². The van der Waals surface area contributed by atoms with E-state index in [1.807, 2.05) is 42.5 Å². The Kier molecular flexibility index (Phi) is 5.43. The SMILES string of the molecule is CC(NC(=O)c1ccco1)C(=O)NC(c1ccccc1)c1ccncc1. The summed E-state index contributed by atoms with van der Waals surface area (Å²) in [5, 5.41) is 5.62. The second-order valence-electron chi connectivity index (χ2n) is 5.81. The minimum absolute atomic E-state index is 0.165. The van der Waals surface area contributed by atoms with Gasteiger partial charge in [-0.2, -0.15) is 0 Å². The summed E-state index contributed by atoms with van der Waals surface area (Å²) in [5.74, 6) is -0.563. The van der Waals surface area contributed by atoms with Gasteiger partial charge in [0.25, 0.3) is 5.91 Å². The lowest BCUT2D eigenvalue weighted by Crippen LogP contribution is -2.46. The Morgan fingerprint density at radius 2 is 1.62 bits per heavy atom. The number of aromatic nitrogens is 1. The van der Waals surface area contributed by atoms with E-state index in [2.05, 4.69) is 15.6 Å². The van der Waals surface area contributed by atoms with Crippen molar-refractivity contribution < 1.29 is 14.0 Å². The zero-order chi connectivity index (χ0) is 18.4. The van der Waals surface area contributed by atoms with Gasteiger partial charge in [-0.3, -0.25) is 14.6 Å². The van der Waals surface area contributed by atoms with Crippen LogP contribution in [0, 0.1) is 0 Å². The van der Waals surface area contributed by atoms with Crippen molar-refractivity contribution in [2.24, 2.45) is 0 Å². The predicted octanol–water partition coefficient (Wildman–Crippen LogP) is 2.70. The van der Waals surface area contributed by atoms with Crippen molar-refractivity contribution in [1.82, 2.24) is 15.6 Å². The topological polar surface area (TPSA) is 84.2 Å². The monoisotopic (exact) mass is 349 g/mol. The Morgan fingerprint density at radius 1 is 0.923 bits per heavy atom. The van der Waals surface area contributed by atoms with Gasteiger partial charge in [0.2, 0.25) is 5.91 Å². The molecule has 2 aromatic heterocycles. The van der Waals surface area contributed by atoms with Crippen LogP contribution < -0.4 is 10.6 Å². The second kappa shape index (κ2) is 8.11. The van der Waals surface area contributed by atoms with Gasteiger partial charge in [-0.15, -0.1) is 0 Å². The largest absolute Gasteiger partial charge is 0.459 e. The number of nitrogens with one attached hydrogen (secondary N) is 2. The summed E-state index contributed by atoms with van der Waals surface area (Å²) in [6.07, 6.45) is 4.77. The Hall–Kier alpha value is -3.41. The third-order valence-corrected chi connectivity index (χ3v) is 3.94. The fourth-order valence-corrected chi connectivity index (χ4v) is 2.57. The predicted molar refractivity (Wildman–Crippen MR) is 96.3 cm³/mol. The summed E-state index contributed by atoms with van der Waals surface area (Å²) in [7, 11) is 0. The van der Waals surface area contributed by atoms with Gasteiger partial charge in [0.05, 0.1) is 12.3 Å². The molecule has 0 radical (unpaired) electrons. The molecule has 1 aromatic carbocycles. The van der Waals surface area contributed by atoms with Crippen molar-refractivity contribution in [1.29, 1.82) is 0 Å². The van der Waals surface area contributed by atoms with Crippen LogP contribution in [0.15, 0.2) is 77.7 Å². The smallest absolute Gasteiger partial charge is 0.287 e. The lowest BCUT2D eigenvalue weighted by atomic mass is 9.99. The number of pyridine rings is 1. The molecule has 0 aliphatic heterocycles. The fourth-order valence-electron chi connectivity index (χ4n) is 2.57. The van der Waals surface area contributed by atoms with Gasteiger partial charge in [-0.1, -0.05) is 30.3 Å². The van der Waals surface area contributed by atoms with Gasteiger partial charge in [0, 0.05) is 12.4 Å². The minimum atomic E-state index is -0.722. The van der Waals surface area contributed by atoms with Crippen LogP contribution in [0.3, 0.4) is 0 Å². The molecule has 0 aliphatic rings. The van der Waals surface area contributed by atoms with E-state index in [1.165, 1.54) is 6.26 Å². The standard InChI is InChI=1S/C20H19N3O3/c1-14(22-20(25)17-8-5-13-26-17)19(24)23-18(15-6-3-2-4-7-15)16-9-11-21-12-10-16/h2-14,18H,1H3,(H,22,25)(H,23,24). The molecule has 132 valence electrons. The van der Waals surface area contributed by atoms with Crippen molar-refractivity contribution in [3.05, 3.63) is 90.1 Å². The molecule has 2 unspecified atom stereocenters. The van der Waals surface area contributed by atoms with Crippen molar-refractivity contribution in [3.63, 3.8) is 0 Å². The summed E-state index contributed by atoms with van der Waals surface area (Å²) in [6, 6.07) is 15.4. The molecule has 26 heavy (non-hydrogen) atoms. The number of furan rings is 1. The van der Waals surface area contributed by atoms with E-state index in [9.17, 15) is 9.59 Å². The average Bonchev–Trinajstić information content (AvgIpc) is 3.22. The maximum Gasteiger partial charge on any atom is 0.287 e. The van der Waals surface area contributed by atoms with Gasteiger partial charge < -0.3 is 15.1 Å². The van der Waals surface area contributed by atoms with Crippen LogP contribution in [0.25, 0.3) is 0 Å². The zero-order valence-electron chi connectivity index (χ0n) is 14.3. The van der Waals surface area contributed by atoms with E-state index in [0.717, 1.165) is 11.1 Å². The molecule has 2 atom stereocenters. The molecule has 3 rings (SSSR count). The molecular weight excluding hydrogens is 330 g/mol. The first-order chi connectivity index (χ1) is 12.6. The summed E-state index contributed by atoms with van der Waals surface area (Å²) >= 11 is 0. The van der Waals surface area contributed by atoms with Gasteiger partial charge in [-0.25, -0.2) is 0 Å². The molecule has 6 nitrogen and oxygen atoms in total. The van der Waals surface area contributed by atoms with E-state index in [1.54, 1.807) is 31.5 Å². The highest BCUT2D eigenvalue weighted by Gasteiger charge is 2.22. The van der Waals surface area contributed by atoms with Gasteiger partial charge in [-0.05, 0) is 42.3 Å². The highest BCUT2D eigenvalue weighted by Crippen LogP contribution is 2.21. The average molecular weight is 349 g/mol. The first-order valence-corrected chi connectivity index (χ1v) is 8.25. The number of carbonyl (C=O) groups is 2. The third-order valence-electron chi connectivity index (χ3n) is 3.94. The van der Waals surface area contributed by atoms with Gasteiger partial charge >= 0.3 is 0 Å². The summed E-state index contributed by atoms with van der Waals surface area (Å²) in [6.45, 7) is 1.63. The lowest BCUT2D eigenvalue weighted by molar-refractivity contribution is -0.123. The maximum atomic E-state index is 12.6. The normalized spacial score (nSPS) is 12.8. The molecule has 0 saturated carbocycles. The molecule has 0 aliphatic carbocycles. The molecule has 0 spiro atoms. The van der Waals surface area contributed by atoms with Crippen LogP contribution >= 0.6 is 0 Å². The van der Waals surface area contributed by atoms with Crippen LogP contribution in [0.1, 0.15) is 34.6 Å². The van der Waals surface area contributed by atoms with Crippen LogP contribution in [0.4, 0.5) is 0 Å². The minimum Gasteiger partial charge on any atom is -0.459 e. The number of benzene rings is 1. The van der Waals surface area contributed by atoms with Crippen molar-refractivity contribution in [2.75, 3.05) is 0 Å². The number of rotatable bonds is 6. The summed E-state index contributed by atoms with van der Waals surface area (Å²) in [5.41, 5.74) is 1.85. The van der Waals surface area contributed by atoms with Crippen LogP contribution in [-0.4, -0.2) is 22.8 Å². The van der Waals surface area contributed by atoms with Gasteiger partial charge in [0.15, 0.2) is 5.76 Å². The quantitative estimate of drug-likeness (QED) is 0.717. The zero-order valence-corrected chi connectivity index (χ0v) is 14.3. The Bertz CT molecular complexity index is 809. The number of nitrogens with zero attached hydrogens (tertiary/aromatic N) is 1. The second-order valence-corrected chi connectivity index (χ2v) is 5.81. The summed E-state index contributed by atoms with van der Waals surface area (Å²) < 4.78 is 5.04. The molecule has 2 heterocycles. The Labute approximate surface area is 151 Å². The van der Waals surface area contributed by atoms with E-state index in [-0.39, 0.29) is 17.7 Å². The maximum absolute atomic E-state index is 12.6. The van der Waals surface area contributed by atoms with Crippen LogP contribution in [0.2, 0.25) is 0 Å². The molecule has 2 N–H and O–H groups in total. The van der Waals surface area contributed by atoms with Crippen molar-refractivity contribution in [3.8, 4) is 0 Å². The van der Waals surface area contributed by atoms with E-state index >= 15 is 0 Å². The molecule has 2 amide bonds. The third kappa shape index (κ3) is 4.16. The highest BCUT2D eigenvalue weighted by molar-refractivity contribution is 5.95. The summed E-state index contributed by atoms with van der Waals surface area (Å²) in [4.78, 5) is 28.7. The van der Waals surface area contributed by atoms with Gasteiger partial charge in [0.1, 0.15) is 6.04 Å². The molecule has 0 saturated heterocycles. The Morgan fingerprint density at radius 3 is 2.27 bits per heavy atom. The van der Waals surface area contributed by atoms with Crippen molar-refractivity contribution in [2.45, 2.75) is 19.0 Å². The molecular formula is C20H19N3O3. The fraction of sp³-hybridized carbons (Fsp3) is 0.150. The first-order valence-electron chi connectivity index (χ1n) is 8.25. The van der Waals surface area contributed by atoms with E-state index in [4.69, 9.17) is 4.42 Å². The van der Waals surface area contributed by atoms with Crippen molar-refractivity contribution >= 4 is 11.8 Å². The number of carbonyl (C=O) groups excluding carboxylic acids is 2. The number of hydrogen-bond donors (Lipinski definition) is 2. The lowest BCUT2D eigenvalue weighted by Gasteiger charge is -2.22. The molecule has 3 aromatic rings. The molecule has 0 bridgehead atoms. The highest BCUT2D eigenvalue weighted by atomic mass is 16.3. The number of amides is 2. The first kappa shape index (κ1) is 17.4. The molecule has 6 heteroatoms. The number of hydrogen-bond acceptors (Lipinski definition) is 4. The van der Waals surface area contributed by atoms with Crippen LogP contribution in [-0.2, 0) is 4.79 Å². The molecule has 0 fully saturated rings. The van der Waals surface area contributed by atoms with E-state index in [0.29, 0.717) is 0 Å².